The van der Waals surface area contributed by atoms with E-state index in [2.05, 4.69) is 9.78 Å². The van der Waals surface area contributed by atoms with Crippen molar-refractivity contribution in [3.05, 3.63) is 0 Å². The maximum atomic E-state index is 8.59. The van der Waals surface area contributed by atoms with Crippen LogP contribution in [0.4, 0.5) is 0 Å². The van der Waals surface area contributed by atoms with E-state index < -0.39 is 8.60 Å². The van der Waals surface area contributed by atoms with Crippen LogP contribution in [0.1, 0.15) is 6.42 Å². The van der Waals surface area contributed by atoms with Crippen LogP contribution in [0, 0.1) is 0 Å². The molecular weight excluding hydrogens is 193 g/mol. The van der Waals surface area contributed by atoms with Crippen LogP contribution in [-0.4, -0.2) is 18.1 Å². The van der Waals surface area contributed by atoms with E-state index in [0.717, 1.165) is 19.6 Å². The van der Waals surface area contributed by atoms with Gasteiger partial charge in [0.05, 0.1) is 13.2 Å². The first-order valence-electron chi connectivity index (χ1n) is 2.31. The molecule has 0 spiro atoms. The molecule has 1 aliphatic rings. The smallest absolute Gasteiger partial charge is 0.820 e. The number of rotatable bonds is 0. The van der Waals surface area contributed by atoms with Crippen molar-refractivity contribution < 1.29 is 83.6 Å². The Kier molecular flexibility index (Phi) is 25.3. The third-order valence-corrected chi connectivity index (χ3v) is 0.539. The van der Waals surface area contributed by atoms with Gasteiger partial charge in [-0.15, -0.1) is 0 Å². The molecule has 0 bridgehead atoms. The third kappa shape index (κ3) is 24.5. The minimum atomic E-state index is -3.12. The van der Waals surface area contributed by atoms with Crippen LogP contribution in [0.2, 0.25) is 0 Å². The van der Waals surface area contributed by atoms with E-state index in [1.165, 1.54) is 0 Å². The number of hydrogen-bond donors (Lipinski definition) is 1. The Balaban J connectivity index is -0.000000101. The van der Waals surface area contributed by atoms with Gasteiger partial charge in [0.2, 0.25) is 0 Å². The quantitative estimate of drug-likeness (QED) is 0.238. The van der Waals surface area contributed by atoms with Crippen LogP contribution >= 0.6 is 8.60 Å². The number of hydrogen-bond acceptors (Lipinski definition) is 5. The molecule has 0 aliphatic carbocycles. The van der Waals surface area contributed by atoms with Gasteiger partial charge in [0.15, 0.2) is 0 Å². The van der Waals surface area contributed by atoms with Crippen molar-refractivity contribution in [2.24, 2.45) is 0 Å². The van der Waals surface area contributed by atoms with Gasteiger partial charge in [0, 0.05) is 6.42 Å². The van der Waals surface area contributed by atoms with Crippen LogP contribution < -0.4 is 68.9 Å². The first kappa shape index (κ1) is 18.9. The summed E-state index contributed by atoms with van der Waals surface area (Å²) in [5, 5.41) is 0. The van der Waals surface area contributed by atoms with Gasteiger partial charge in [-0.05, 0) is 0 Å². The fraction of sp³-hybridized carbons (Fsp3) is 1.00. The SMILES string of the molecule is C1COOC1.[Na+].[Na+].[O-]P([O-])O. The largest absolute Gasteiger partial charge is 1.00 e. The maximum absolute atomic E-state index is 8.59. The van der Waals surface area contributed by atoms with Crippen molar-refractivity contribution in [1.29, 1.82) is 0 Å². The summed E-state index contributed by atoms with van der Waals surface area (Å²) in [6, 6.07) is 0. The standard InChI is InChI=1S/C3H6O2.2Na.HO3P/c1-2-4-5-3-1;;;1-4(2)3/h1-3H2;;;1H/q;2*+1;-2. The molecule has 11 heavy (non-hydrogen) atoms. The zero-order chi connectivity index (χ0) is 7.11. The summed E-state index contributed by atoms with van der Waals surface area (Å²) >= 11 is 0. The average molecular weight is 200 g/mol. The van der Waals surface area contributed by atoms with Crippen molar-refractivity contribution in [3.63, 3.8) is 0 Å². The molecule has 1 fully saturated rings. The van der Waals surface area contributed by atoms with E-state index >= 15 is 0 Å². The van der Waals surface area contributed by atoms with Gasteiger partial charge in [-0.25, -0.2) is 9.78 Å². The van der Waals surface area contributed by atoms with Crippen LogP contribution in [0.3, 0.4) is 0 Å². The second-order valence-corrected chi connectivity index (χ2v) is 1.71. The predicted octanol–water partition coefficient (Wildman–Crippen LogP) is -7.73. The van der Waals surface area contributed by atoms with Gasteiger partial charge in [0.1, 0.15) is 0 Å². The Morgan fingerprint density at radius 2 is 1.36 bits per heavy atom. The van der Waals surface area contributed by atoms with Crippen molar-refractivity contribution in [3.8, 4) is 0 Å². The molecule has 1 heterocycles. The first-order chi connectivity index (χ1) is 4.23. The van der Waals surface area contributed by atoms with Gasteiger partial charge in [-0.2, -0.15) is 8.60 Å². The van der Waals surface area contributed by atoms with Gasteiger partial charge >= 0.3 is 59.1 Å². The fourth-order valence-electron chi connectivity index (χ4n) is 0.295. The molecule has 0 saturated carbocycles. The molecule has 8 heteroatoms. The molecule has 1 saturated heterocycles. The fourth-order valence-corrected chi connectivity index (χ4v) is 0.295. The van der Waals surface area contributed by atoms with E-state index in [1.807, 2.05) is 0 Å². The Labute approximate surface area is 111 Å². The second-order valence-electron chi connectivity index (χ2n) is 1.24. The molecule has 0 aromatic carbocycles. The molecule has 1 rings (SSSR count). The molecule has 56 valence electrons. The zero-order valence-electron chi connectivity index (χ0n) is 6.65. The van der Waals surface area contributed by atoms with Crippen LogP contribution in [-0.2, 0) is 9.78 Å². The molecule has 0 radical (unpaired) electrons. The molecule has 0 aromatic heterocycles. The summed E-state index contributed by atoms with van der Waals surface area (Å²) in [6.07, 6.45) is 1.06. The Bertz CT molecular complexity index is 51.3. The van der Waals surface area contributed by atoms with Crippen molar-refractivity contribution in [1.82, 2.24) is 0 Å². The molecule has 0 atom stereocenters. The van der Waals surface area contributed by atoms with E-state index in [9.17, 15) is 0 Å². The monoisotopic (exact) mass is 200 g/mol. The molecule has 1 N–H and O–H groups in total. The Morgan fingerprint density at radius 1 is 1.09 bits per heavy atom. The van der Waals surface area contributed by atoms with Crippen molar-refractivity contribution >= 4 is 8.60 Å². The third-order valence-electron chi connectivity index (χ3n) is 0.539. The average Bonchev–Trinajstić information content (AvgIpc) is 2.11. The Hall–Kier alpha value is 2.23. The summed E-state index contributed by atoms with van der Waals surface area (Å²) in [7, 11) is -3.12. The summed E-state index contributed by atoms with van der Waals surface area (Å²) < 4.78 is 0. The van der Waals surface area contributed by atoms with E-state index in [1.54, 1.807) is 0 Å². The van der Waals surface area contributed by atoms with Crippen LogP contribution in [0.15, 0.2) is 0 Å². The molecule has 0 aromatic rings. The second kappa shape index (κ2) is 14.7. The summed E-state index contributed by atoms with van der Waals surface area (Å²) in [6.45, 7) is 1.56. The van der Waals surface area contributed by atoms with Gasteiger partial charge in [-0.3, -0.25) is 0 Å². The topological polar surface area (TPSA) is 84.8 Å². The zero-order valence-corrected chi connectivity index (χ0v) is 11.5. The van der Waals surface area contributed by atoms with Crippen LogP contribution in [0.5, 0.6) is 0 Å². The minimum Gasteiger partial charge on any atom is -0.820 e. The maximum Gasteiger partial charge on any atom is 1.00 e. The van der Waals surface area contributed by atoms with Gasteiger partial charge in [0.25, 0.3) is 0 Å². The summed E-state index contributed by atoms with van der Waals surface area (Å²) in [5.74, 6) is 0. The van der Waals surface area contributed by atoms with E-state index in [4.69, 9.17) is 14.7 Å². The predicted molar refractivity (Wildman–Crippen MR) is 25.7 cm³/mol. The first-order valence-corrected chi connectivity index (χ1v) is 3.44. The molecule has 5 nitrogen and oxygen atoms in total. The molecular formula is C3H7Na2O5P. The van der Waals surface area contributed by atoms with E-state index in [0.29, 0.717) is 0 Å². The van der Waals surface area contributed by atoms with Crippen molar-refractivity contribution in [2.75, 3.05) is 13.2 Å². The normalized spacial score (nSPS) is 14.2. The molecule has 0 unspecified atom stereocenters. The summed E-state index contributed by atoms with van der Waals surface area (Å²) in [5.41, 5.74) is 0. The minimum absolute atomic E-state index is 0. The summed E-state index contributed by atoms with van der Waals surface area (Å²) in [4.78, 5) is 33.1. The molecule has 0 amide bonds. The van der Waals surface area contributed by atoms with E-state index in [-0.39, 0.29) is 59.1 Å². The van der Waals surface area contributed by atoms with Gasteiger partial charge < -0.3 is 14.7 Å². The molecule has 1 aliphatic heterocycles. The van der Waals surface area contributed by atoms with Crippen LogP contribution in [0.25, 0.3) is 0 Å². The van der Waals surface area contributed by atoms with Gasteiger partial charge in [-0.1, -0.05) is 0 Å². The van der Waals surface area contributed by atoms with Crippen molar-refractivity contribution in [2.45, 2.75) is 6.42 Å². The Morgan fingerprint density at radius 3 is 1.45 bits per heavy atom.